The Morgan fingerprint density at radius 1 is 1.25 bits per heavy atom. The molecule has 0 radical (unpaired) electrons. The van der Waals surface area contributed by atoms with Crippen LogP contribution in [-0.2, 0) is 17.9 Å². The summed E-state index contributed by atoms with van der Waals surface area (Å²) in [6, 6.07) is 6.76. The molecule has 0 aliphatic heterocycles. The minimum absolute atomic E-state index is 0.180. The zero-order chi connectivity index (χ0) is 17.1. The normalized spacial score (nSPS) is 10.7. The van der Waals surface area contributed by atoms with Crippen molar-refractivity contribution < 1.29 is 19.4 Å². The Morgan fingerprint density at radius 2 is 2.00 bits per heavy atom. The molecule has 8 heteroatoms. The SMILES string of the molecule is CC(=O)c1nn(CC(=O)O)c2cc(OCc3ncccn3)ccc12. The molecule has 1 N–H and O–H groups in total. The largest absolute Gasteiger partial charge is 0.486 e. The maximum atomic E-state index is 11.7. The highest BCUT2D eigenvalue weighted by Crippen LogP contribution is 2.25. The summed E-state index contributed by atoms with van der Waals surface area (Å²) < 4.78 is 6.91. The topological polar surface area (TPSA) is 107 Å². The van der Waals surface area contributed by atoms with Crippen LogP contribution in [0.15, 0.2) is 36.7 Å². The fourth-order valence-corrected chi connectivity index (χ4v) is 2.30. The van der Waals surface area contributed by atoms with E-state index in [0.29, 0.717) is 22.5 Å². The number of rotatable bonds is 6. The summed E-state index contributed by atoms with van der Waals surface area (Å²) in [5, 5.41) is 13.7. The third kappa shape index (κ3) is 3.22. The van der Waals surface area contributed by atoms with Gasteiger partial charge in [-0.2, -0.15) is 5.10 Å². The summed E-state index contributed by atoms with van der Waals surface area (Å²) >= 11 is 0. The van der Waals surface area contributed by atoms with Gasteiger partial charge in [-0.05, 0) is 18.2 Å². The van der Waals surface area contributed by atoms with Crippen LogP contribution >= 0.6 is 0 Å². The Hall–Kier alpha value is -3.29. The number of ether oxygens (including phenoxy) is 1. The molecule has 3 aromatic rings. The Labute approximate surface area is 136 Å². The predicted octanol–water partition coefficient (Wildman–Crippen LogP) is 1.69. The van der Waals surface area contributed by atoms with E-state index in [4.69, 9.17) is 9.84 Å². The standard InChI is InChI=1S/C16H14N4O4/c1-10(21)16-12-4-3-11(24-9-14-17-5-2-6-18-14)7-13(12)20(19-16)8-15(22)23/h2-7H,8-9H2,1H3,(H,22,23). The number of hydrogen-bond acceptors (Lipinski definition) is 6. The summed E-state index contributed by atoms with van der Waals surface area (Å²) in [4.78, 5) is 30.8. The van der Waals surface area contributed by atoms with Crippen molar-refractivity contribution in [3.63, 3.8) is 0 Å². The summed E-state index contributed by atoms with van der Waals surface area (Å²) in [6.07, 6.45) is 3.24. The van der Waals surface area contributed by atoms with Gasteiger partial charge < -0.3 is 9.84 Å². The number of nitrogens with zero attached hydrogens (tertiary/aromatic N) is 4. The van der Waals surface area contributed by atoms with Crippen LogP contribution in [-0.4, -0.2) is 36.6 Å². The van der Waals surface area contributed by atoms with E-state index in [2.05, 4.69) is 15.1 Å². The van der Waals surface area contributed by atoms with E-state index >= 15 is 0 Å². The molecular weight excluding hydrogens is 312 g/mol. The van der Waals surface area contributed by atoms with Crippen LogP contribution in [0.25, 0.3) is 10.9 Å². The van der Waals surface area contributed by atoms with Crippen LogP contribution in [0.5, 0.6) is 5.75 Å². The molecule has 0 aliphatic rings. The van der Waals surface area contributed by atoms with Crippen molar-refractivity contribution in [1.29, 1.82) is 0 Å². The summed E-state index contributed by atoms with van der Waals surface area (Å²) in [6.45, 7) is 1.23. The predicted molar refractivity (Wildman–Crippen MR) is 83.7 cm³/mol. The van der Waals surface area contributed by atoms with Crippen LogP contribution in [0.1, 0.15) is 23.2 Å². The van der Waals surface area contributed by atoms with Crippen molar-refractivity contribution in [3.8, 4) is 5.75 Å². The fourth-order valence-electron chi connectivity index (χ4n) is 2.30. The quantitative estimate of drug-likeness (QED) is 0.687. The van der Waals surface area contributed by atoms with Crippen LogP contribution in [0.4, 0.5) is 0 Å². The monoisotopic (exact) mass is 326 g/mol. The number of carbonyl (C=O) groups is 2. The second kappa shape index (κ2) is 6.45. The van der Waals surface area contributed by atoms with Gasteiger partial charge in [0, 0.05) is 30.8 Å². The van der Waals surface area contributed by atoms with Gasteiger partial charge in [-0.1, -0.05) is 0 Å². The number of carboxylic acid groups (broad SMARTS) is 1. The number of aliphatic carboxylic acids is 1. The summed E-state index contributed by atoms with van der Waals surface area (Å²) in [5.41, 5.74) is 0.762. The number of hydrogen-bond donors (Lipinski definition) is 1. The van der Waals surface area contributed by atoms with Gasteiger partial charge in [0.25, 0.3) is 0 Å². The minimum Gasteiger partial charge on any atom is -0.486 e. The molecule has 0 fully saturated rings. The Bertz CT molecular complexity index is 905. The maximum Gasteiger partial charge on any atom is 0.325 e. The number of aromatic nitrogens is 4. The highest BCUT2D eigenvalue weighted by Gasteiger charge is 2.16. The third-order valence-electron chi connectivity index (χ3n) is 3.33. The zero-order valence-electron chi connectivity index (χ0n) is 12.8. The lowest BCUT2D eigenvalue weighted by Crippen LogP contribution is -2.10. The van der Waals surface area contributed by atoms with Crippen molar-refractivity contribution in [2.24, 2.45) is 0 Å². The average molecular weight is 326 g/mol. The van der Waals surface area contributed by atoms with Gasteiger partial charge in [0.2, 0.25) is 0 Å². The summed E-state index contributed by atoms with van der Waals surface area (Å²) in [5.74, 6) is -0.230. The van der Waals surface area contributed by atoms with E-state index < -0.39 is 5.97 Å². The maximum absolute atomic E-state index is 11.7. The van der Waals surface area contributed by atoms with Gasteiger partial charge in [-0.15, -0.1) is 0 Å². The molecule has 0 unspecified atom stereocenters. The molecule has 0 saturated carbocycles. The number of carboxylic acids is 1. The second-order valence-corrected chi connectivity index (χ2v) is 5.09. The molecule has 2 heterocycles. The van der Waals surface area contributed by atoms with Gasteiger partial charge in [-0.3, -0.25) is 14.3 Å². The van der Waals surface area contributed by atoms with E-state index in [9.17, 15) is 9.59 Å². The first-order valence-electron chi connectivity index (χ1n) is 7.16. The fraction of sp³-hybridized carbons (Fsp3) is 0.188. The minimum atomic E-state index is -1.04. The number of fused-ring (bicyclic) bond motifs is 1. The van der Waals surface area contributed by atoms with Crippen LogP contribution in [0.3, 0.4) is 0 Å². The average Bonchev–Trinajstić information content (AvgIpc) is 2.91. The molecule has 0 amide bonds. The van der Waals surface area contributed by atoms with Crippen molar-refractivity contribution in [2.45, 2.75) is 20.1 Å². The molecule has 0 saturated heterocycles. The number of ketones is 1. The Balaban J connectivity index is 1.93. The van der Waals surface area contributed by atoms with Crippen LogP contribution in [0.2, 0.25) is 0 Å². The highest BCUT2D eigenvalue weighted by molar-refractivity contribution is 6.05. The molecule has 8 nitrogen and oxygen atoms in total. The molecule has 122 valence electrons. The zero-order valence-corrected chi connectivity index (χ0v) is 12.8. The van der Waals surface area contributed by atoms with Gasteiger partial charge in [-0.25, -0.2) is 9.97 Å². The van der Waals surface area contributed by atoms with Crippen LogP contribution in [0, 0.1) is 0 Å². The van der Waals surface area contributed by atoms with Gasteiger partial charge >= 0.3 is 5.97 Å². The Morgan fingerprint density at radius 3 is 2.67 bits per heavy atom. The van der Waals surface area contributed by atoms with E-state index in [1.807, 2.05) is 0 Å². The number of benzene rings is 1. The lowest BCUT2D eigenvalue weighted by molar-refractivity contribution is -0.137. The van der Waals surface area contributed by atoms with Gasteiger partial charge in [0.05, 0.1) is 5.52 Å². The molecule has 1 aromatic carbocycles. The molecule has 0 bridgehead atoms. The highest BCUT2D eigenvalue weighted by atomic mass is 16.5. The third-order valence-corrected chi connectivity index (χ3v) is 3.33. The van der Waals surface area contributed by atoms with Crippen molar-refractivity contribution in [3.05, 3.63) is 48.2 Å². The summed E-state index contributed by atoms with van der Waals surface area (Å²) in [7, 11) is 0. The molecular formula is C16H14N4O4. The Kier molecular flexibility index (Phi) is 4.19. The van der Waals surface area contributed by atoms with E-state index in [-0.39, 0.29) is 24.6 Å². The molecule has 3 rings (SSSR count). The van der Waals surface area contributed by atoms with Gasteiger partial charge in [0.1, 0.15) is 24.6 Å². The second-order valence-electron chi connectivity index (χ2n) is 5.09. The number of Topliss-reactive ketones (excluding diaryl/α,β-unsaturated/α-hetero) is 1. The molecule has 2 aromatic heterocycles. The first-order chi connectivity index (χ1) is 11.5. The van der Waals surface area contributed by atoms with Gasteiger partial charge in [0.15, 0.2) is 11.6 Å². The lowest BCUT2D eigenvalue weighted by atomic mass is 10.1. The van der Waals surface area contributed by atoms with E-state index in [1.165, 1.54) is 11.6 Å². The van der Waals surface area contributed by atoms with Crippen LogP contribution < -0.4 is 4.74 Å². The molecule has 0 aliphatic carbocycles. The first-order valence-corrected chi connectivity index (χ1v) is 7.16. The van der Waals surface area contributed by atoms with Crippen molar-refractivity contribution in [2.75, 3.05) is 0 Å². The van der Waals surface area contributed by atoms with E-state index in [1.54, 1.807) is 36.7 Å². The van der Waals surface area contributed by atoms with E-state index in [0.717, 1.165) is 0 Å². The molecule has 0 spiro atoms. The number of carbonyl (C=O) groups excluding carboxylic acids is 1. The first kappa shape index (κ1) is 15.6. The van der Waals surface area contributed by atoms with Crippen molar-refractivity contribution >= 4 is 22.7 Å². The smallest absolute Gasteiger partial charge is 0.325 e. The van der Waals surface area contributed by atoms with Crippen molar-refractivity contribution in [1.82, 2.24) is 19.7 Å². The molecule has 0 atom stereocenters. The lowest BCUT2D eigenvalue weighted by Gasteiger charge is -2.06. The molecule has 24 heavy (non-hydrogen) atoms.